The largest absolute Gasteiger partial charge is 0.326 e. The van der Waals surface area contributed by atoms with Gasteiger partial charge < -0.3 is 9.72 Å². The lowest BCUT2D eigenvalue weighted by molar-refractivity contribution is -0.115. The lowest BCUT2D eigenvalue weighted by Gasteiger charge is -2.06. The summed E-state index contributed by atoms with van der Waals surface area (Å²) < 4.78 is 1.89. The predicted octanol–water partition coefficient (Wildman–Crippen LogP) is 4.84. The molecule has 0 aliphatic rings. The van der Waals surface area contributed by atoms with E-state index in [-0.39, 0.29) is 5.91 Å². The summed E-state index contributed by atoms with van der Waals surface area (Å²) in [5.41, 5.74) is 4.31. The van der Waals surface area contributed by atoms with Gasteiger partial charge in [-0.1, -0.05) is 54.1 Å². The second-order valence-corrected chi connectivity index (χ2v) is 6.47. The van der Waals surface area contributed by atoms with Crippen LogP contribution in [0.15, 0.2) is 79.1 Å². The SMILES string of the molecule is O=C(Cc1ccccc1)Nc1cccc(-c2cn3cc(Cl)ccc3n2)c1. The first-order valence-electron chi connectivity index (χ1n) is 8.26. The Morgan fingerprint density at radius 2 is 1.85 bits per heavy atom. The fourth-order valence-corrected chi connectivity index (χ4v) is 3.01. The molecule has 0 aliphatic carbocycles. The summed E-state index contributed by atoms with van der Waals surface area (Å²) in [7, 11) is 0. The summed E-state index contributed by atoms with van der Waals surface area (Å²) in [4.78, 5) is 16.9. The monoisotopic (exact) mass is 361 g/mol. The van der Waals surface area contributed by atoms with Crippen molar-refractivity contribution in [1.29, 1.82) is 0 Å². The van der Waals surface area contributed by atoms with Crippen molar-refractivity contribution in [2.45, 2.75) is 6.42 Å². The van der Waals surface area contributed by atoms with Crippen molar-refractivity contribution >= 4 is 28.8 Å². The highest BCUT2D eigenvalue weighted by atomic mass is 35.5. The van der Waals surface area contributed by atoms with Gasteiger partial charge in [0.1, 0.15) is 5.65 Å². The molecule has 4 rings (SSSR count). The lowest BCUT2D eigenvalue weighted by atomic mass is 10.1. The van der Waals surface area contributed by atoms with Crippen molar-refractivity contribution in [3.05, 3.63) is 89.7 Å². The Hall–Kier alpha value is -3.11. The molecule has 0 radical (unpaired) electrons. The highest BCUT2D eigenvalue weighted by molar-refractivity contribution is 6.30. The average molecular weight is 362 g/mol. The van der Waals surface area contributed by atoms with Crippen LogP contribution in [0.5, 0.6) is 0 Å². The Balaban J connectivity index is 1.55. The highest BCUT2D eigenvalue weighted by Gasteiger charge is 2.08. The van der Waals surface area contributed by atoms with Crippen LogP contribution >= 0.6 is 11.6 Å². The molecular formula is C21H16ClN3O. The molecule has 0 bridgehead atoms. The third kappa shape index (κ3) is 3.60. The van der Waals surface area contributed by atoms with E-state index in [1.54, 1.807) is 0 Å². The van der Waals surface area contributed by atoms with Crippen LogP contribution in [-0.4, -0.2) is 15.3 Å². The molecular weight excluding hydrogens is 346 g/mol. The number of nitrogens with zero attached hydrogens (tertiary/aromatic N) is 2. The van der Waals surface area contributed by atoms with Gasteiger partial charge >= 0.3 is 0 Å². The normalized spacial score (nSPS) is 10.8. The minimum absolute atomic E-state index is 0.0462. The molecule has 0 fully saturated rings. The third-order valence-corrected chi connectivity index (χ3v) is 4.29. The smallest absolute Gasteiger partial charge is 0.228 e. The number of anilines is 1. The number of hydrogen-bond acceptors (Lipinski definition) is 2. The molecule has 5 heteroatoms. The van der Waals surface area contributed by atoms with Crippen molar-refractivity contribution in [2.24, 2.45) is 0 Å². The van der Waals surface area contributed by atoms with Crippen LogP contribution in [0.25, 0.3) is 16.9 Å². The van der Waals surface area contributed by atoms with Crippen LogP contribution in [0.4, 0.5) is 5.69 Å². The molecule has 0 aliphatic heterocycles. The summed E-state index contributed by atoms with van der Waals surface area (Å²) in [5, 5.41) is 3.60. The predicted molar refractivity (Wildman–Crippen MR) is 104 cm³/mol. The van der Waals surface area contributed by atoms with Crippen molar-refractivity contribution in [3.63, 3.8) is 0 Å². The Morgan fingerprint density at radius 3 is 2.69 bits per heavy atom. The van der Waals surface area contributed by atoms with E-state index in [1.807, 2.05) is 83.5 Å². The molecule has 0 unspecified atom stereocenters. The van der Waals surface area contributed by atoms with Gasteiger partial charge in [-0.25, -0.2) is 4.98 Å². The first-order chi connectivity index (χ1) is 12.7. The summed E-state index contributed by atoms with van der Waals surface area (Å²) in [6.07, 6.45) is 4.09. The molecule has 2 heterocycles. The van der Waals surface area contributed by atoms with Crippen LogP contribution in [0.3, 0.4) is 0 Å². The number of nitrogens with one attached hydrogen (secondary N) is 1. The van der Waals surface area contributed by atoms with Gasteiger partial charge in [0.25, 0.3) is 0 Å². The minimum atomic E-state index is -0.0462. The molecule has 4 aromatic rings. The molecule has 1 N–H and O–H groups in total. The van der Waals surface area contributed by atoms with E-state index in [0.717, 1.165) is 28.2 Å². The van der Waals surface area contributed by atoms with Gasteiger partial charge in [0.05, 0.1) is 17.1 Å². The highest BCUT2D eigenvalue weighted by Crippen LogP contribution is 2.23. The fraction of sp³-hybridized carbons (Fsp3) is 0.0476. The van der Waals surface area contributed by atoms with Crippen molar-refractivity contribution in [2.75, 3.05) is 5.32 Å². The molecule has 2 aromatic heterocycles. The Labute approximate surface area is 156 Å². The van der Waals surface area contributed by atoms with E-state index < -0.39 is 0 Å². The van der Waals surface area contributed by atoms with Gasteiger partial charge in [-0.2, -0.15) is 0 Å². The zero-order valence-electron chi connectivity index (χ0n) is 13.9. The minimum Gasteiger partial charge on any atom is -0.326 e. The van der Waals surface area contributed by atoms with Crippen LogP contribution in [0.2, 0.25) is 5.02 Å². The van der Waals surface area contributed by atoms with Crippen LogP contribution in [0, 0.1) is 0 Å². The van der Waals surface area contributed by atoms with Gasteiger partial charge in [-0.15, -0.1) is 0 Å². The number of aromatic nitrogens is 2. The molecule has 26 heavy (non-hydrogen) atoms. The van der Waals surface area contributed by atoms with Crippen LogP contribution in [0.1, 0.15) is 5.56 Å². The molecule has 1 amide bonds. The van der Waals surface area contributed by atoms with Crippen LogP contribution < -0.4 is 5.32 Å². The van der Waals surface area contributed by atoms with Gasteiger partial charge in [0.15, 0.2) is 0 Å². The molecule has 2 aromatic carbocycles. The second kappa shape index (κ2) is 7.02. The van der Waals surface area contributed by atoms with Crippen molar-refractivity contribution in [3.8, 4) is 11.3 Å². The Morgan fingerprint density at radius 1 is 1.00 bits per heavy atom. The number of carbonyl (C=O) groups excluding carboxylic acids is 1. The van der Waals surface area contributed by atoms with Gasteiger partial charge in [0.2, 0.25) is 5.91 Å². The number of pyridine rings is 1. The Bertz CT molecular complexity index is 1070. The zero-order chi connectivity index (χ0) is 17.9. The maximum Gasteiger partial charge on any atom is 0.228 e. The maximum absolute atomic E-state index is 12.3. The summed E-state index contributed by atoms with van der Waals surface area (Å²) >= 11 is 6.03. The molecule has 0 saturated carbocycles. The molecule has 0 spiro atoms. The molecule has 4 nitrogen and oxygen atoms in total. The van der Waals surface area contributed by atoms with E-state index >= 15 is 0 Å². The van der Waals surface area contributed by atoms with Crippen LogP contribution in [-0.2, 0) is 11.2 Å². The molecule has 0 atom stereocenters. The van der Waals surface area contributed by atoms with Gasteiger partial charge in [-0.3, -0.25) is 4.79 Å². The number of hydrogen-bond donors (Lipinski definition) is 1. The number of fused-ring (bicyclic) bond motifs is 1. The topological polar surface area (TPSA) is 46.4 Å². The third-order valence-electron chi connectivity index (χ3n) is 4.06. The first-order valence-corrected chi connectivity index (χ1v) is 8.64. The molecule has 0 saturated heterocycles. The number of rotatable bonds is 4. The van der Waals surface area contributed by atoms with E-state index in [1.165, 1.54) is 0 Å². The maximum atomic E-state index is 12.3. The second-order valence-electron chi connectivity index (χ2n) is 6.03. The summed E-state index contributed by atoms with van der Waals surface area (Å²) in [5.74, 6) is -0.0462. The van der Waals surface area contributed by atoms with E-state index in [2.05, 4.69) is 10.3 Å². The average Bonchev–Trinajstić information content (AvgIpc) is 3.06. The standard InChI is InChI=1S/C21H16ClN3O/c22-17-9-10-20-24-19(14-25(20)13-17)16-7-4-8-18(12-16)23-21(26)11-15-5-2-1-3-6-15/h1-10,12-14H,11H2,(H,23,26). The van der Waals surface area contributed by atoms with E-state index in [4.69, 9.17) is 11.6 Å². The number of imidazole rings is 1. The summed E-state index contributed by atoms with van der Waals surface area (Å²) in [6.45, 7) is 0. The van der Waals surface area contributed by atoms with Gasteiger partial charge in [-0.05, 0) is 29.8 Å². The van der Waals surface area contributed by atoms with Crippen molar-refractivity contribution < 1.29 is 4.79 Å². The van der Waals surface area contributed by atoms with Crippen molar-refractivity contribution in [1.82, 2.24) is 9.38 Å². The van der Waals surface area contributed by atoms with Gasteiger partial charge in [0, 0.05) is 23.6 Å². The molecule has 128 valence electrons. The number of halogens is 1. The zero-order valence-corrected chi connectivity index (χ0v) is 14.6. The lowest BCUT2D eigenvalue weighted by Crippen LogP contribution is -2.14. The van der Waals surface area contributed by atoms with E-state index in [0.29, 0.717) is 11.4 Å². The number of carbonyl (C=O) groups is 1. The fourth-order valence-electron chi connectivity index (χ4n) is 2.85. The first kappa shape index (κ1) is 16.4. The quantitative estimate of drug-likeness (QED) is 0.565. The number of benzene rings is 2. The van der Waals surface area contributed by atoms with E-state index in [9.17, 15) is 4.79 Å². The summed E-state index contributed by atoms with van der Waals surface area (Å²) in [6, 6.07) is 21.0. The number of amides is 1. The Kier molecular flexibility index (Phi) is 4.42.